The van der Waals surface area contributed by atoms with Crippen LogP contribution >= 0.6 is 11.3 Å². The van der Waals surface area contributed by atoms with E-state index >= 15 is 0 Å². The van der Waals surface area contributed by atoms with Crippen LogP contribution in [0.4, 0.5) is 0 Å². The molecule has 1 amide bonds. The van der Waals surface area contributed by atoms with E-state index in [1.54, 1.807) is 11.3 Å². The monoisotopic (exact) mass is 329 g/mol. The molecule has 5 heteroatoms. The highest BCUT2D eigenvalue weighted by atomic mass is 32.1. The van der Waals surface area contributed by atoms with E-state index in [9.17, 15) is 4.79 Å². The second-order valence-corrected chi connectivity index (χ2v) is 7.70. The molecule has 23 heavy (non-hydrogen) atoms. The number of thiophene rings is 1. The molecule has 1 atom stereocenters. The number of amides is 1. The first kappa shape index (κ1) is 14.9. The summed E-state index contributed by atoms with van der Waals surface area (Å²) in [4.78, 5) is 21.7. The molecule has 2 aromatic rings. The van der Waals surface area contributed by atoms with E-state index in [2.05, 4.69) is 33.6 Å². The Morgan fingerprint density at radius 1 is 1.39 bits per heavy atom. The molecule has 0 N–H and O–H groups in total. The molecule has 0 saturated carbocycles. The Morgan fingerprint density at radius 3 is 3.13 bits per heavy atom. The van der Waals surface area contributed by atoms with Crippen LogP contribution in [0.25, 0.3) is 0 Å². The van der Waals surface area contributed by atoms with Crippen molar-refractivity contribution in [3.63, 3.8) is 0 Å². The molecule has 0 radical (unpaired) electrons. The Morgan fingerprint density at radius 2 is 2.30 bits per heavy atom. The summed E-state index contributed by atoms with van der Waals surface area (Å²) in [6, 6.07) is 2.52. The minimum absolute atomic E-state index is 0.229. The first-order valence-corrected chi connectivity index (χ1v) is 9.50. The molecule has 0 bridgehead atoms. The quantitative estimate of drug-likeness (QED) is 0.865. The van der Waals surface area contributed by atoms with Gasteiger partial charge in [0, 0.05) is 36.8 Å². The number of aromatic nitrogens is 2. The SMILES string of the molecule is CCc1nccn1[C@@H]1CCCN(C(=O)c2cc3c(s2)CCC3)C1. The number of nitrogens with zero attached hydrogens (tertiary/aromatic N) is 3. The average Bonchev–Trinajstić information content (AvgIpc) is 3.29. The Hall–Kier alpha value is -1.62. The molecule has 2 aromatic heterocycles. The van der Waals surface area contributed by atoms with Crippen molar-refractivity contribution in [3.8, 4) is 0 Å². The lowest BCUT2D eigenvalue weighted by atomic mass is 10.0. The standard InChI is InChI=1S/C18H23N3OS/c1-2-17-19-8-10-21(17)14-6-4-9-20(12-14)18(22)16-11-13-5-3-7-15(13)23-16/h8,10-11,14H,2-7,9,12H2,1H3/t14-/m1/s1. The molecule has 2 aliphatic rings. The zero-order chi connectivity index (χ0) is 15.8. The lowest BCUT2D eigenvalue weighted by molar-refractivity contribution is 0.0683. The molecule has 1 aliphatic carbocycles. The van der Waals surface area contributed by atoms with Crippen LogP contribution in [0.3, 0.4) is 0 Å². The maximum absolute atomic E-state index is 12.9. The van der Waals surface area contributed by atoms with Crippen molar-refractivity contribution < 1.29 is 4.79 Å². The number of piperidine rings is 1. The molecular formula is C18H23N3OS. The third-order valence-corrected chi connectivity index (χ3v) is 6.32. The van der Waals surface area contributed by atoms with E-state index in [1.807, 2.05) is 6.20 Å². The maximum Gasteiger partial charge on any atom is 0.264 e. The van der Waals surface area contributed by atoms with Crippen LogP contribution < -0.4 is 0 Å². The van der Waals surface area contributed by atoms with E-state index in [1.165, 1.54) is 16.9 Å². The summed E-state index contributed by atoms with van der Waals surface area (Å²) in [5.74, 6) is 1.35. The highest BCUT2D eigenvalue weighted by Crippen LogP contribution is 2.32. The van der Waals surface area contributed by atoms with Gasteiger partial charge in [-0.05, 0) is 43.7 Å². The first-order chi connectivity index (χ1) is 11.3. The summed E-state index contributed by atoms with van der Waals surface area (Å²) in [6.07, 6.45) is 10.6. The number of fused-ring (bicyclic) bond motifs is 1. The summed E-state index contributed by atoms with van der Waals surface area (Å²) < 4.78 is 2.27. The molecule has 122 valence electrons. The number of carbonyl (C=O) groups is 1. The third kappa shape index (κ3) is 2.71. The number of hydrogen-bond acceptors (Lipinski definition) is 3. The number of hydrogen-bond donors (Lipinski definition) is 0. The average molecular weight is 329 g/mol. The highest BCUT2D eigenvalue weighted by Gasteiger charge is 2.28. The molecule has 0 spiro atoms. The van der Waals surface area contributed by atoms with Gasteiger partial charge in [0.25, 0.3) is 5.91 Å². The van der Waals surface area contributed by atoms with Crippen molar-refractivity contribution in [3.05, 3.63) is 39.6 Å². The van der Waals surface area contributed by atoms with Crippen molar-refractivity contribution in [1.29, 1.82) is 0 Å². The fraction of sp³-hybridized carbons (Fsp3) is 0.556. The van der Waals surface area contributed by atoms with Gasteiger partial charge in [-0.15, -0.1) is 11.3 Å². The van der Waals surface area contributed by atoms with E-state index in [0.717, 1.165) is 55.9 Å². The largest absolute Gasteiger partial charge is 0.336 e. The van der Waals surface area contributed by atoms with E-state index in [-0.39, 0.29) is 5.91 Å². The Balaban J connectivity index is 1.51. The normalized spacial score (nSPS) is 20.7. The van der Waals surface area contributed by atoms with Gasteiger partial charge in [0.2, 0.25) is 0 Å². The number of rotatable bonds is 3. The zero-order valence-electron chi connectivity index (χ0n) is 13.6. The summed E-state index contributed by atoms with van der Waals surface area (Å²) in [5.41, 5.74) is 1.41. The Bertz CT molecular complexity index is 696. The molecule has 0 aromatic carbocycles. The summed E-state index contributed by atoms with van der Waals surface area (Å²) in [6.45, 7) is 3.83. The van der Waals surface area contributed by atoms with Crippen molar-refractivity contribution in [2.24, 2.45) is 0 Å². The van der Waals surface area contributed by atoms with Crippen molar-refractivity contribution >= 4 is 17.2 Å². The van der Waals surface area contributed by atoms with Gasteiger partial charge in [0.05, 0.1) is 10.9 Å². The second kappa shape index (κ2) is 6.11. The highest BCUT2D eigenvalue weighted by molar-refractivity contribution is 7.14. The molecule has 4 rings (SSSR count). The van der Waals surface area contributed by atoms with Gasteiger partial charge >= 0.3 is 0 Å². The van der Waals surface area contributed by atoms with Gasteiger partial charge in [-0.25, -0.2) is 4.98 Å². The van der Waals surface area contributed by atoms with E-state index in [4.69, 9.17) is 0 Å². The number of aryl methyl sites for hydroxylation is 3. The van der Waals surface area contributed by atoms with Gasteiger partial charge < -0.3 is 9.47 Å². The molecule has 0 unspecified atom stereocenters. The fourth-order valence-corrected chi connectivity index (χ4v) is 5.13. The van der Waals surface area contributed by atoms with Gasteiger partial charge in [-0.2, -0.15) is 0 Å². The van der Waals surface area contributed by atoms with E-state index < -0.39 is 0 Å². The summed E-state index contributed by atoms with van der Waals surface area (Å²) in [5, 5.41) is 0. The first-order valence-electron chi connectivity index (χ1n) is 8.69. The third-order valence-electron chi connectivity index (χ3n) is 5.10. The Labute approximate surface area is 141 Å². The summed E-state index contributed by atoms with van der Waals surface area (Å²) in [7, 11) is 0. The van der Waals surface area contributed by atoms with Crippen LogP contribution in [0.15, 0.2) is 18.5 Å². The lowest BCUT2D eigenvalue weighted by Crippen LogP contribution is -2.40. The molecular weight excluding hydrogens is 306 g/mol. The lowest BCUT2D eigenvalue weighted by Gasteiger charge is -2.34. The molecule has 4 nitrogen and oxygen atoms in total. The maximum atomic E-state index is 12.9. The predicted molar refractivity (Wildman–Crippen MR) is 92.1 cm³/mol. The topological polar surface area (TPSA) is 38.1 Å². The minimum atomic E-state index is 0.229. The van der Waals surface area contributed by atoms with Crippen LogP contribution in [0.5, 0.6) is 0 Å². The zero-order valence-corrected chi connectivity index (χ0v) is 14.4. The van der Waals surface area contributed by atoms with Crippen molar-refractivity contribution in [2.75, 3.05) is 13.1 Å². The van der Waals surface area contributed by atoms with Gasteiger partial charge in [0.15, 0.2) is 0 Å². The van der Waals surface area contributed by atoms with E-state index in [0.29, 0.717) is 6.04 Å². The van der Waals surface area contributed by atoms with Crippen molar-refractivity contribution in [1.82, 2.24) is 14.5 Å². The number of carbonyl (C=O) groups excluding carboxylic acids is 1. The van der Waals surface area contributed by atoms with Gasteiger partial charge in [0.1, 0.15) is 5.82 Å². The fourth-order valence-electron chi connectivity index (χ4n) is 3.91. The molecule has 1 fully saturated rings. The molecule has 3 heterocycles. The second-order valence-electron chi connectivity index (χ2n) is 6.56. The summed E-state index contributed by atoms with van der Waals surface area (Å²) >= 11 is 1.72. The Kier molecular flexibility index (Phi) is 3.97. The number of likely N-dealkylation sites (tertiary alicyclic amines) is 1. The van der Waals surface area contributed by atoms with Gasteiger partial charge in [-0.1, -0.05) is 6.92 Å². The van der Waals surface area contributed by atoms with Crippen LogP contribution in [-0.2, 0) is 19.3 Å². The minimum Gasteiger partial charge on any atom is -0.336 e. The number of imidazole rings is 1. The van der Waals surface area contributed by atoms with Crippen LogP contribution in [0, 0.1) is 0 Å². The smallest absolute Gasteiger partial charge is 0.264 e. The predicted octanol–water partition coefficient (Wildman–Crippen LogP) is 3.47. The van der Waals surface area contributed by atoms with Crippen molar-refractivity contribution in [2.45, 2.75) is 51.5 Å². The van der Waals surface area contributed by atoms with Crippen LogP contribution in [0.1, 0.15) is 58.2 Å². The molecule has 1 saturated heterocycles. The van der Waals surface area contributed by atoms with Crippen LogP contribution in [0.2, 0.25) is 0 Å². The van der Waals surface area contributed by atoms with Crippen LogP contribution in [-0.4, -0.2) is 33.4 Å². The molecule has 1 aliphatic heterocycles. The van der Waals surface area contributed by atoms with Gasteiger partial charge in [-0.3, -0.25) is 4.79 Å².